The highest BCUT2D eigenvalue weighted by Crippen LogP contribution is 2.20. The number of aromatic amines is 1. The Labute approximate surface area is 122 Å². The number of H-pyrrole nitrogens is 1. The normalized spacial score (nSPS) is 10.7. The number of nitrogens with zero attached hydrogens (tertiary/aromatic N) is 4. The van der Waals surface area contributed by atoms with Crippen molar-refractivity contribution in [1.29, 1.82) is 0 Å². The van der Waals surface area contributed by atoms with Gasteiger partial charge in [-0.25, -0.2) is 0 Å². The van der Waals surface area contributed by atoms with Crippen LogP contribution in [0.1, 0.15) is 18.9 Å². The highest BCUT2D eigenvalue weighted by atomic mass is 15.2. The van der Waals surface area contributed by atoms with E-state index in [9.17, 15) is 0 Å². The van der Waals surface area contributed by atoms with Gasteiger partial charge in [0.15, 0.2) is 5.65 Å². The molecule has 0 unspecified atom stereocenters. The maximum Gasteiger partial charge on any atom is 0.226 e. The zero-order valence-electron chi connectivity index (χ0n) is 11.8. The summed E-state index contributed by atoms with van der Waals surface area (Å²) in [6.07, 6.45) is 6.33. The molecule has 3 aromatic rings. The Hall–Kier alpha value is -2.70. The van der Waals surface area contributed by atoms with Crippen LogP contribution >= 0.6 is 0 Å². The molecule has 0 radical (unpaired) electrons. The molecule has 0 fully saturated rings. The number of anilines is 2. The summed E-state index contributed by atoms with van der Waals surface area (Å²) in [7, 11) is 0. The lowest BCUT2D eigenvalue weighted by Crippen LogP contribution is -2.08. The van der Waals surface area contributed by atoms with Crippen molar-refractivity contribution in [3.8, 4) is 0 Å². The van der Waals surface area contributed by atoms with E-state index < -0.39 is 0 Å². The first-order valence-corrected chi connectivity index (χ1v) is 6.94. The molecule has 3 aromatic heterocycles. The average Bonchev–Trinajstić information content (AvgIpc) is 3.00. The number of pyridine rings is 1. The first-order chi connectivity index (χ1) is 10.4. The fourth-order valence-corrected chi connectivity index (χ4v) is 1.97. The van der Waals surface area contributed by atoms with E-state index >= 15 is 0 Å². The first kappa shape index (κ1) is 13.3. The number of aromatic nitrogens is 5. The van der Waals surface area contributed by atoms with Crippen molar-refractivity contribution in [2.75, 3.05) is 17.2 Å². The quantitative estimate of drug-likeness (QED) is 0.642. The fraction of sp³-hybridized carbons (Fsp3) is 0.286. The van der Waals surface area contributed by atoms with Gasteiger partial charge in [-0.15, -0.1) is 0 Å². The Balaban J connectivity index is 1.83. The third-order valence-corrected chi connectivity index (χ3v) is 3.03. The number of rotatable bonds is 6. The first-order valence-electron chi connectivity index (χ1n) is 6.94. The molecule has 0 aromatic carbocycles. The molecule has 7 heteroatoms. The summed E-state index contributed by atoms with van der Waals surface area (Å²) in [5, 5.41) is 14.3. The Kier molecular flexibility index (Phi) is 3.90. The summed E-state index contributed by atoms with van der Waals surface area (Å²) in [6.45, 7) is 3.59. The van der Waals surface area contributed by atoms with E-state index in [0.29, 0.717) is 12.5 Å². The Morgan fingerprint density at radius 3 is 2.95 bits per heavy atom. The van der Waals surface area contributed by atoms with Crippen LogP contribution in [0.25, 0.3) is 11.0 Å². The van der Waals surface area contributed by atoms with Crippen LogP contribution in [0.3, 0.4) is 0 Å². The van der Waals surface area contributed by atoms with Crippen molar-refractivity contribution in [3.63, 3.8) is 0 Å². The third kappa shape index (κ3) is 3.07. The monoisotopic (exact) mass is 283 g/mol. The molecule has 0 saturated heterocycles. The topological polar surface area (TPSA) is 91.4 Å². The van der Waals surface area contributed by atoms with Crippen molar-refractivity contribution >= 4 is 22.8 Å². The highest BCUT2D eigenvalue weighted by Gasteiger charge is 2.09. The zero-order valence-corrected chi connectivity index (χ0v) is 11.8. The highest BCUT2D eigenvalue weighted by molar-refractivity contribution is 5.86. The molecule has 0 saturated carbocycles. The number of nitrogens with one attached hydrogen (secondary N) is 3. The molecular formula is C14H17N7. The van der Waals surface area contributed by atoms with E-state index in [1.54, 1.807) is 12.4 Å². The Morgan fingerprint density at radius 2 is 2.14 bits per heavy atom. The second-order valence-electron chi connectivity index (χ2n) is 4.67. The Morgan fingerprint density at radius 1 is 1.19 bits per heavy atom. The SMILES string of the molecule is CCCNc1nc(NCc2cccnc2)c2cn[nH]c2n1. The van der Waals surface area contributed by atoms with Crippen LogP contribution in [0, 0.1) is 0 Å². The molecule has 3 N–H and O–H groups in total. The van der Waals surface area contributed by atoms with Gasteiger partial charge in [0.25, 0.3) is 0 Å². The van der Waals surface area contributed by atoms with Gasteiger partial charge in [0, 0.05) is 25.5 Å². The van der Waals surface area contributed by atoms with Crippen molar-refractivity contribution in [2.45, 2.75) is 19.9 Å². The number of hydrogen-bond acceptors (Lipinski definition) is 6. The van der Waals surface area contributed by atoms with Crippen molar-refractivity contribution in [2.24, 2.45) is 0 Å². The average molecular weight is 283 g/mol. The van der Waals surface area contributed by atoms with E-state index in [2.05, 4.69) is 42.7 Å². The largest absolute Gasteiger partial charge is 0.365 e. The summed E-state index contributed by atoms with van der Waals surface area (Å²) in [6, 6.07) is 3.93. The Bertz CT molecular complexity index is 708. The van der Waals surface area contributed by atoms with Gasteiger partial charge in [-0.1, -0.05) is 13.0 Å². The minimum atomic E-state index is 0.599. The van der Waals surface area contributed by atoms with Crippen LogP contribution in [-0.4, -0.2) is 31.7 Å². The molecule has 108 valence electrons. The van der Waals surface area contributed by atoms with Gasteiger partial charge in [-0.3, -0.25) is 10.1 Å². The molecule has 0 atom stereocenters. The summed E-state index contributed by atoms with van der Waals surface area (Å²) < 4.78 is 0. The van der Waals surface area contributed by atoms with Crippen LogP contribution in [0.5, 0.6) is 0 Å². The maximum absolute atomic E-state index is 4.51. The molecule has 0 amide bonds. The number of hydrogen-bond donors (Lipinski definition) is 3. The van der Waals surface area contributed by atoms with Crippen LogP contribution in [0.15, 0.2) is 30.7 Å². The molecule has 3 heterocycles. The molecule has 7 nitrogen and oxygen atoms in total. The molecule has 3 rings (SSSR count). The molecule has 0 aliphatic carbocycles. The van der Waals surface area contributed by atoms with Crippen molar-refractivity contribution < 1.29 is 0 Å². The van der Waals surface area contributed by atoms with Crippen molar-refractivity contribution in [1.82, 2.24) is 25.1 Å². The third-order valence-electron chi connectivity index (χ3n) is 3.03. The second-order valence-corrected chi connectivity index (χ2v) is 4.67. The van der Waals surface area contributed by atoms with Crippen LogP contribution in [0.2, 0.25) is 0 Å². The lowest BCUT2D eigenvalue weighted by molar-refractivity contribution is 0.953. The van der Waals surface area contributed by atoms with Crippen molar-refractivity contribution in [3.05, 3.63) is 36.3 Å². The molecular weight excluding hydrogens is 266 g/mol. The van der Waals surface area contributed by atoms with Gasteiger partial charge in [-0.05, 0) is 18.1 Å². The lowest BCUT2D eigenvalue weighted by Gasteiger charge is -2.09. The van der Waals surface area contributed by atoms with E-state index in [1.807, 2.05) is 18.3 Å². The second kappa shape index (κ2) is 6.17. The predicted molar refractivity (Wildman–Crippen MR) is 82.0 cm³/mol. The van der Waals surface area contributed by atoms with Crippen LogP contribution in [0.4, 0.5) is 11.8 Å². The molecule has 0 aliphatic heterocycles. The minimum absolute atomic E-state index is 0.599. The van der Waals surface area contributed by atoms with Gasteiger partial charge in [0.2, 0.25) is 5.95 Å². The molecule has 21 heavy (non-hydrogen) atoms. The van der Waals surface area contributed by atoms with Gasteiger partial charge >= 0.3 is 0 Å². The van der Waals surface area contributed by atoms with Crippen LogP contribution < -0.4 is 10.6 Å². The standard InChI is InChI=1S/C14H17N7/c1-2-5-16-14-19-12(11-9-18-21-13(11)20-14)17-8-10-4-3-6-15-7-10/h3-4,6-7,9H,2,5,8H2,1H3,(H3,16,17,18,19,20,21). The molecule has 0 bridgehead atoms. The summed E-state index contributed by atoms with van der Waals surface area (Å²) in [5.74, 6) is 1.36. The van der Waals surface area contributed by atoms with Gasteiger partial charge in [-0.2, -0.15) is 15.1 Å². The van der Waals surface area contributed by atoms with Crippen LogP contribution in [-0.2, 0) is 6.54 Å². The number of fused-ring (bicyclic) bond motifs is 1. The smallest absolute Gasteiger partial charge is 0.226 e. The molecule has 0 aliphatic rings. The predicted octanol–water partition coefficient (Wildman–Crippen LogP) is 2.18. The lowest BCUT2D eigenvalue weighted by atomic mass is 10.3. The van der Waals surface area contributed by atoms with E-state index in [0.717, 1.165) is 35.4 Å². The minimum Gasteiger partial charge on any atom is -0.365 e. The molecule has 0 spiro atoms. The summed E-state index contributed by atoms with van der Waals surface area (Å²) >= 11 is 0. The van der Waals surface area contributed by atoms with Gasteiger partial charge < -0.3 is 10.6 Å². The van der Waals surface area contributed by atoms with Gasteiger partial charge in [0.05, 0.1) is 11.6 Å². The van der Waals surface area contributed by atoms with Gasteiger partial charge in [0.1, 0.15) is 5.82 Å². The van der Waals surface area contributed by atoms with E-state index in [-0.39, 0.29) is 0 Å². The maximum atomic E-state index is 4.51. The summed E-state index contributed by atoms with van der Waals surface area (Å²) in [5.41, 5.74) is 1.81. The van der Waals surface area contributed by atoms with E-state index in [4.69, 9.17) is 0 Å². The fourth-order valence-electron chi connectivity index (χ4n) is 1.97. The summed E-state index contributed by atoms with van der Waals surface area (Å²) in [4.78, 5) is 13.0. The van der Waals surface area contributed by atoms with E-state index in [1.165, 1.54) is 0 Å². The zero-order chi connectivity index (χ0) is 14.5.